The van der Waals surface area contributed by atoms with E-state index in [4.69, 9.17) is 4.74 Å². The first-order chi connectivity index (χ1) is 19.2. The third-order valence-electron chi connectivity index (χ3n) is 6.80. The SMILES string of the molecule is CC1[C@@H](C(=O)O)OC(=O)N1c1ccc2c(=O)c(C(=O)N[C@@H](C3CC3)C(F)(F)F)cn(-c3c(F)cc(F)cc3F)c2n1. The lowest BCUT2D eigenvalue weighted by molar-refractivity contribution is -0.158. The maximum absolute atomic E-state index is 14.9. The Balaban J connectivity index is 1.70. The van der Waals surface area contributed by atoms with Crippen LogP contribution in [0.25, 0.3) is 16.7 Å². The molecule has 5 rings (SSSR count). The van der Waals surface area contributed by atoms with Crippen molar-refractivity contribution in [1.82, 2.24) is 14.9 Å². The van der Waals surface area contributed by atoms with E-state index in [2.05, 4.69) is 4.98 Å². The molecule has 2 amide bonds. The summed E-state index contributed by atoms with van der Waals surface area (Å²) in [5.74, 6) is -8.53. The van der Waals surface area contributed by atoms with Gasteiger partial charge in [-0.2, -0.15) is 13.2 Å². The average Bonchev–Trinajstić information content (AvgIpc) is 3.65. The van der Waals surface area contributed by atoms with E-state index in [-0.39, 0.29) is 30.8 Å². The molecule has 2 N–H and O–H groups in total. The average molecular weight is 584 g/mol. The molecule has 0 bridgehead atoms. The molecule has 1 saturated carbocycles. The van der Waals surface area contributed by atoms with Crippen molar-refractivity contribution in [2.45, 2.75) is 44.1 Å². The number of carbonyl (C=O) groups excluding carboxylic acids is 2. The summed E-state index contributed by atoms with van der Waals surface area (Å²) in [5, 5.41) is 10.6. The van der Waals surface area contributed by atoms with Crippen molar-refractivity contribution >= 4 is 34.8 Å². The Morgan fingerprint density at radius 3 is 2.29 bits per heavy atom. The number of nitrogens with one attached hydrogen (secondary N) is 1. The zero-order valence-electron chi connectivity index (χ0n) is 20.7. The standard InChI is InChI=1S/C25H18F6N4O6/c1-9-19(23(38)39)41-24(40)35(9)16-5-4-12-18(36)13(22(37)33-20(10-2-3-10)25(29,30)31)8-34(21(12)32-16)17-14(27)6-11(26)7-15(17)28/h4-10,19-20H,2-3H2,1H3,(H,33,37)(H,38,39)/t9?,19-,20-/m0/s1. The molecule has 2 aliphatic rings. The predicted molar refractivity (Wildman–Crippen MR) is 127 cm³/mol. The van der Waals surface area contributed by atoms with Gasteiger partial charge >= 0.3 is 18.2 Å². The molecule has 16 heteroatoms. The van der Waals surface area contributed by atoms with Gasteiger partial charge in [0.05, 0.1) is 11.4 Å². The van der Waals surface area contributed by atoms with Crippen LogP contribution in [0.3, 0.4) is 0 Å². The lowest BCUT2D eigenvalue weighted by Crippen LogP contribution is -2.48. The van der Waals surface area contributed by atoms with Gasteiger partial charge in [-0.15, -0.1) is 0 Å². The maximum atomic E-state index is 14.9. The highest BCUT2D eigenvalue weighted by Crippen LogP contribution is 2.40. The van der Waals surface area contributed by atoms with Crippen LogP contribution in [0.2, 0.25) is 0 Å². The van der Waals surface area contributed by atoms with Gasteiger partial charge in [0.15, 0.2) is 17.3 Å². The van der Waals surface area contributed by atoms with Crippen molar-refractivity contribution in [2.24, 2.45) is 5.92 Å². The summed E-state index contributed by atoms with van der Waals surface area (Å²) in [5.41, 5.74) is -3.70. The number of nitrogens with zero attached hydrogens (tertiary/aromatic N) is 3. The maximum Gasteiger partial charge on any atom is 0.416 e. The van der Waals surface area contributed by atoms with Crippen molar-refractivity contribution in [3.8, 4) is 5.69 Å². The number of halogens is 6. The molecule has 1 aromatic carbocycles. The molecule has 41 heavy (non-hydrogen) atoms. The number of hydrogen-bond acceptors (Lipinski definition) is 6. The molecule has 10 nitrogen and oxygen atoms in total. The van der Waals surface area contributed by atoms with Gasteiger partial charge in [0.25, 0.3) is 5.91 Å². The highest BCUT2D eigenvalue weighted by Gasteiger charge is 2.50. The number of rotatable bonds is 6. The lowest BCUT2D eigenvalue weighted by atomic mass is 10.1. The van der Waals surface area contributed by atoms with E-state index in [0.717, 1.165) is 17.0 Å². The van der Waals surface area contributed by atoms with Crippen LogP contribution >= 0.6 is 0 Å². The fourth-order valence-electron chi connectivity index (χ4n) is 4.66. The third-order valence-corrected chi connectivity index (χ3v) is 6.80. The number of pyridine rings is 2. The topological polar surface area (TPSA) is 131 Å². The number of amides is 2. The summed E-state index contributed by atoms with van der Waals surface area (Å²) in [6, 6.07) is -0.785. The first-order valence-electron chi connectivity index (χ1n) is 12.0. The Hall–Kier alpha value is -4.63. The Morgan fingerprint density at radius 2 is 1.76 bits per heavy atom. The lowest BCUT2D eigenvalue weighted by Gasteiger charge is -2.22. The van der Waals surface area contributed by atoms with Crippen molar-refractivity contribution < 1.29 is 50.6 Å². The van der Waals surface area contributed by atoms with Gasteiger partial charge in [0, 0.05) is 18.3 Å². The molecule has 0 spiro atoms. The molecule has 0 radical (unpaired) electrons. The largest absolute Gasteiger partial charge is 0.478 e. The van der Waals surface area contributed by atoms with Crippen molar-refractivity contribution in [1.29, 1.82) is 0 Å². The van der Waals surface area contributed by atoms with Gasteiger partial charge in [-0.05, 0) is 37.8 Å². The number of carbonyl (C=O) groups is 3. The van der Waals surface area contributed by atoms with E-state index >= 15 is 0 Å². The summed E-state index contributed by atoms with van der Waals surface area (Å²) in [7, 11) is 0. The van der Waals surface area contributed by atoms with Crippen LogP contribution in [0.1, 0.15) is 30.1 Å². The monoisotopic (exact) mass is 584 g/mol. The minimum absolute atomic E-state index is 0.186. The second-order valence-corrected chi connectivity index (χ2v) is 9.58. The molecule has 1 aliphatic carbocycles. The molecule has 2 aromatic heterocycles. The quantitative estimate of drug-likeness (QED) is 0.423. The first kappa shape index (κ1) is 27.9. The van der Waals surface area contributed by atoms with Gasteiger partial charge < -0.3 is 15.2 Å². The zero-order chi connectivity index (χ0) is 30.0. The summed E-state index contributed by atoms with van der Waals surface area (Å²) >= 11 is 0. The Labute approximate surface area is 225 Å². The molecule has 3 aromatic rings. The summed E-state index contributed by atoms with van der Waals surface area (Å²) in [6.45, 7) is 1.31. The molecular formula is C25H18F6N4O6. The Kier molecular flexibility index (Phi) is 6.66. The number of ether oxygens (including phenoxy) is 1. The molecule has 1 saturated heterocycles. The van der Waals surface area contributed by atoms with Gasteiger partial charge in [0.2, 0.25) is 11.5 Å². The van der Waals surface area contributed by atoms with E-state index in [1.807, 2.05) is 0 Å². The molecule has 216 valence electrons. The van der Waals surface area contributed by atoms with Gasteiger partial charge in [-0.25, -0.2) is 27.7 Å². The summed E-state index contributed by atoms with van der Waals surface area (Å²) in [4.78, 5) is 55.0. The number of aliphatic carboxylic acids is 1. The number of alkyl halides is 3. The van der Waals surface area contributed by atoms with E-state index in [9.17, 15) is 50.6 Å². The molecule has 3 heterocycles. The zero-order valence-corrected chi connectivity index (χ0v) is 20.7. The van der Waals surface area contributed by atoms with Gasteiger partial charge in [-0.1, -0.05) is 0 Å². The highest BCUT2D eigenvalue weighted by atomic mass is 19.4. The van der Waals surface area contributed by atoms with Crippen LogP contribution in [0.4, 0.5) is 37.0 Å². The minimum atomic E-state index is -4.84. The van der Waals surface area contributed by atoms with E-state index in [1.165, 1.54) is 6.92 Å². The third kappa shape index (κ3) is 4.93. The van der Waals surface area contributed by atoms with Crippen LogP contribution in [0, 0.1) is 23.4 Å². The molecule has 1 aliphatic heterocycles. The fourth-order valence-corrected chi connectivity index (χ4v) is 4.66. The second-order valence-electron chi connectivity index (χ2n) is 9.58. The summed E-state index contributed by atoms with van der Waals surface area (Å²) < 4.78 is 89.4. The number of cyclic esters (lactones) is 1. The van der Waals surface area contributed by atoms with Crippen molar-refractivity contribution in [3.05, 3.63) is 63.7 Å². The number of fused-ring (bicyclic) bond motifs is 1. The molecule has 2 fully saturated rings. The van der Waals surface area contributed by atoms with Crippen LogP contribution in [-0.4, -0.2) is 57.0 Å². The summed E-state index contributed by atoms with van der Waals surface area (Å²) in [6.07, 6.45) is -6.65. The number of hydrogen-bond donors (Lipinski definition) is 2. The Morgan fingerprint density at radius 1 is 1.12 bits per heavy atom. The number of aromatic nitrogens is 2. The van der Waals surface area contributed by atoms with E-state index in [1.54, 1.807) is 5.32 Å². The van der Waals surface area contributed by atoms with E-state index in [0.29, 0.717) is 10.8 Å². The number of carboxylic acid groups (broad SMARTS) is 1. The molecule has 1 unspecified atom stereocenters. The molecular weight excluding hydrogens is 566 g/mol. The number of benzene rings is 1. The van der Waals surface area contributed by atoms with Crippen LogP contribution in [-0.2, 0) is 9.53 Å². The number of carboxylic acids is 1. The molecule has 3 atom stereocenters. The van der Waals surface area contributed by atoms with Crippen molar-refractivity contribution in [3.63, 3.8) is 0 Å². The predicted octanol–water partition coefficient (Wildman–Crippen LogP) is 3.67. The van der Waals surface area contributed by atoms with Crippen LogP contribution < -0.4 is 15.6 Å². The van der Waals surface area contributed by atoms with Crippen molar-refractivity contribution in [2.75, 3.05) is 4.90 Å². The smallest absolute Gasteiger partial charge is 0.416 e. The first-order valence-corrected chi connectivity index (χ1v) is 12.0. The van der Waals surface area contributed by atoms with Crippen LogP contribution in [0.15, 0.2) is 35.3 Å². The van der Waals surface area contributed by atoms with Crippen LogP contribution in [0.5, 0.6) is 0 Å². The van der Waals surface area contributed by atoms with E-state index < -0.39 is 93.4 Å². The highest BCUT2D eigenvalue weighted by molar-refractivity contribution is 5.98. The Bertz CT molecular complexity index is 1650. The second kappa shape index (κ2) is 9.78. The normalized spacial score (nSPS) is 19.8. The fraction of sp³-hybridized carbons (Fsp3) is 0.320. The van der Waals surface area contributed by atoms with Gasteiger partial charge in [-0.3, -0.25) is 19.1 Å². The minimum Gasteiger partial charge on any atom is -0.478 e. The number of anilines is 1. The van der Waals surface area contributed by atoms with Gasteiger partial charge in [0.1, 0.15) is 28.9 Å².